The third-order valence-electron chi connectivity index (χ3n) is 9.61. The maximum absolute atomic E-state index is 14.0. The van der Waals surface area contributed by atoms with Crippen LogP contribution < -0.4 is 9.64 Å². The molecule has 2 aromatic carbocycles. The second-order valence-corrected chi connectivity index (χ2v) is 11.7. The Kier molecular flexibility index (Phi) is 7.92. The van der Waals surface area contributed by atoms with Crippen LogP contribution in [0, 0.1) is 11.3 Å². The van der Waals surface area contributed by atoms with E-state index in [4.69, 9.17) is 9.47 Å². The van der Waals surface area contributed by atoms with Gasteiger partial charge >= 0.3 is 5.97 Å². The SMILES string of the molecule is COC(=O)/C=C/c1cccc(N(CC23CCC(c4ccc(OC)cc4)(CC2)CC3)C(=O)C2CCCCC2)c1. The summed E-state index contributed by atoms with van der Waals surface area (Å²) in [6.45, 7) is 0.783. The van der Waals surface area contributed by atoms with E-state index >= 15 is 0 Å². The average Bonchev–Trinajstić information content (AvgIpc) is 3.00. The Hall–Kier alpha value is -3.08. The maximum Gasteiger partial charge on any atom is 0.330 e. The number of hydrogen-bond acceptors (Lipinski definition) is 4. The van der Waals surface area contributed by atoms with Crippen molar-refractivity contribution in [3.63, 3.8) is 0 Å². The number of benzene rings is 2. The number of rotatable bonds is 8. The van der Waals surface area contributed by atoms with Crippen LogP contribution in [0.5, 0.6) is 5.75 Å². The van der Waals surface area contributed by atoms with Gasteiger partial charge in [0.1, 0.15) is 5.75 Å². The molecule has 202 valence electrons. The number of fused-ring (bicyclic) bond motifs is 3. The lowest BCUT2D eigenvalue weighted by atomic mass is 9.51. The van der Waals surface area contributed by atoms with Gasteiger partial charge < -0.3 is 14.4 Å². The Balaban J connectivity index is 1.38. The van der Waals surface area contributed by atoms with Crippen LogP contribution in [0.1, 0.15) is 81.8 Å². The minimum absolute atomic E-state index is 0.111. The molecule has 0 aliphatic heterocycles. The number of hydrogen-bond donors (Lipinski definition) is 0. The predicted octanol–water partition coefficient (Wildman–Crippen LogP) is 7.09. The van der Waals surface area contributed by atoms with E-state index in [0.717, 1.165) is 68.5 Å². The van der Waals surface area contributed by atoms with Crippen molar-refractivity contribution >= 4 is 23.6 Å². The van der Waals surface area contributed by atoms with Crippen LogP contribution in [0.25, 0.3) is 6.08 Å². The summed E-state index contributed by atoms with van der Waals surface area (Å²) in [6, 6.07) is 16.7. The zero-order chi connectivity index (χ0) is 26.6. The summed E-state index contributed by atoms with van der Waals surface area (Å²) in [7, 11) is 3.10. The van der Waals surface area contributed by atoms with Crippen molar-refractivity contribution in [1.29, 1.82) is 0 Å². The van der Waals surface area contributed by atoms with E-state index in [1.165, 1.54) is 44.4 Å². The second-order valence-electron chi connectivity index (χ2n) is 11.7. The Bertz CT molecular complexity index is 1140. The summed E-state index contributed by atoms with van der Waals surface area (Å²) in [5.74, 6) is 0.923. The summed E-state index contributed by atoms with van der Waals surface area (Å²) in [5, 5.41) is 0. The third kappa shape index (κ3) is 5.52. The van der Waals surface area contributed by atoms with E-state index in [1.54, 1.807) is 13.2 Å². The highest BCUT2D eigenvalue weighted by atomic mass is 16.5. The van der Waals surface area contributed by atoms with Crippen LogP contribution >= 0.6 is 0 Å². The van der Waals surface area contributed by atoms with Crippen LogP contribution in [0.4, 0.5) is 5.69 Å². The van der Waals surface area contributed by atoms with Crippen molar-refractivity contribution in [2.24, 2.45) is 11.3 Å². The van der Waals surface area contributed by atoms with Crippen molar-refractivity contribution in [2.75, 3.05) is 25.7 Å². The van der Waals surface area contributed by atoms with Gasteiger partial charge in [-0.3, -0.25) is 4.79 Å². The molecule has 0 heterocycles. The summed E-state index contributed by atoms with van der Waals surface area (Å²) < 4.78 is 10.1. The number of methoxy groups -OCH3 is 2. The minimum atomic E-state index is -0.380. The maximum atomic E-state index is 14.0. The minimum Gasteiger partial charge on any atom is -0.497 e. The van der Waals surface area contributed by atoms with E-state index in [1.807, 2.05) is 18.2 Å². The fourth-order valence-electron chi connectivity index (χ4n) is 7.11. The molecule has 0 radical (unpaired) electrons. The Morgan fingerprint density at radius 3 is 2.24 bits per heavy atom. The molecule has 0 spiro atoms. The summed E-state index contributed by atoms with van der Waals surface area (Å²) in [6.07, 6.45) is 15.7. The molecule has 0 unspecified atom stereocenters. The summed E-state index contributed by atoms with van der Waals surface area (Å²) in [5.41, 5.74) is 3.70. The molecule has 0 atom stereocenters. The first-order chi connectivity index (χ1) is 18.5. The van der Waals surface area contributed by atoms with Gasteiger partial charge in [0.25, 0.3) is 0 Å². The Morgan fingerprint density at radius 1 is 0.921 bits per heavy atom. The molecule has 0 saturated heterocycles. The Morgan fingerprint density at radius 2 is 1.61 bits per heavy atom. The Labute approximate surface area is 227 Å². The van der Waals surface area contributed by atoms with Gasteiger partial charge in [-0.1, -0.05) is 43.5 Å². The molecule has 4 aliphatic carbocycles. The number of anilines is 1. The first-order valence-corrected chi connectivity index (χ1v) is 14.3. The van der Waals surface area contributed by atoms with Crippen molar-refractivity contribution in [3.8, 4) is 5.75 Å². The van der Waals surface area contributed by atoms with E-state index in [2.05, 4.69) is 35.2 Å². The third-order valence-corrected chi connectivity index (χ3v) is 9.61. The molecule has 5 nitrogen and oxygen atoms in total. The highest BCUT2D eigenvalue weighted by molar-refractivity contribution is 5.95. The van der Waals surface area contributed by atoms with Crippen molar-refractivity contribution in [1.82, 2.24) is 0 Å². The van der Waals surface area contributed by atoms with Crippen LogP contribution in [0.15, 0.2) is 54.6 Å². The lowest BCUT2D eigenvalue weighted by Crippen LogP contribution is -2.51. The summed E-state index contributed by atoms with van der Waals surface area (Å²) >= 11 is 0. The van der Waals surface area contributed by atoms with Crippen molar-refractivity contribution in [3.05, 3.63) is 65.7 Å². The van der Waals surface area contributed by atoms with Crippen LogP contribution in [0.2, 0.25) is 0 Å². The average molecular weight is 516 g/mol. The first kappa shape index (κ1) is 26.5. The number of nitrogens with zero attached hydrogens (tertiary/aromatic N) is 1. The van der Waals surface area contributed by atoms with Crippen molar-refractivity contribution < 1.29 is 19.1 Å². The predicted molar refractivity (Wildman–Crippen MR) is 151 cm³/mol. The first-order valence-electron chi connectivity index (χ1n) is 14.3. The van der Waals surface area contributed by atoms with Gasteiger partial charge in [-0.2, -0.15) is 0 Å². The molecule has 2 aromatic rings. The van der Waals surface area contributed by atoms with Gasteiger partial charge in [0.15, 0.2) is 0 Å². The van der Waals surface area contributed by atoms with E-state index < -0.39 is 0 Å². The van der Waals surface area contributed by atoms with Crippen LogP contribution in [-0.4, -0.2) is 32.6 Å². The normalized spacial score (nSPS) is 25.3. The number of ether oxygens (including phenoxy) is 2. The highest BCUT2D eigenvalue weighted by Crippen LogP contribution is 2.58. The number of carbonyl (C=O) groups is 2. The number of amides is 1. The molecule has 0 aromatic heterocycles. The molecule has 0 N–H and O–H groups in total. The standard InChI is InChI=1S/C33H41NO4/c1-37-29-14-12-27(13-15-29)33-20-17-32(18-21-33,19-22-33)24-34(31(36)26-8-4-3-5-9-26)28-10-6-7-25(23-28)11-16-30(35)38-2/h6-7,10-16,23,26H,3-5,8-9,17-22,24H2,1-2H3/b16-11+. The molecule has 4 saturated carbocycles. The van der Waals surface area contributed by atoms with Crippen LogP contribution in [-0.2, 0) is 19.7 Å². The second kappa shape index (κ2) is 11.3. The smallest absolute Gasteiger partial charge is 0.330 e. The summed E-state index contributed by atoms with van der Waals surface area (Å²) in [4.78, 5) is 27.8. The molecule has 1 amide bonds. The zero-order valence-corrected chi connectivity index (χ0v) is 22.9. The molecule has 5 heteroatoms. The van der Waals surface area contributed by atoms with E-state index in [9.17, 15) is 9.59 Å². The van der Waals surface area contributed by atoms with Gasteiger partial charge in [-0.05, 0) is 104 Å². The molecule has 2 bridgehead atoms. The topological polar surface area (TPSA) is 55.8 Å². The number of esters is 1. The van der Waals surface area contributed by atoms with E-state index in [-0.39, 0.29) is 28.6 Å². The molecule has 6 rings (SSSR count). The molecule has 4 fully saturated rings. The highest BCUT2D eigenvalue weighted by Gasteiger charge is 2.50. The van der Waals surface area contributed by atoms with Gasteiger partial charge in [0, 0.05) is 24.2 Å². The van der Waals surface area contributed by atoms with Crippen LogP contribution in [0.3, 0.4) is 0 Å². The van der Waals surface area contributed by atoms with Gasteiger partial charge in [0.2, 0.25) is 5.91 Å². The zero-order valence-electron chi connectivity index (χ0n) is 22.9. The quantitative estimate of drug-likeness (QED) is 0.278. The molecule has 38 heavy (non-hydrogen) atoms. The molecular weight excluding hydrogens is 474 g/mol. The largest absolute Gasteiger partial charge is 0.497 e. The lowest BCUT2D eigenvalue weighted by molar-refractivity contribution is -0.134. The number of carbonyl (C=O) groups excluding carboxylic acids is 2. The fraction of sp³-hybridized carbons (Fsp3) is 0.515. The molecular formula is C33H41NO4. The van der Waals surface area contributed by atoms with Gasteiger partial charge in [-0.15, -0.1) is 0 Å². The lowest BCUT2D eigenvalue weighted by Gasteiger charge is -2.55. The van der Waals surface area contributed by atoms with Gasteiger partial charge in [0.05, 0.1) is 14.2 Å². The molecule has 4 aliphatic rings. The van der Waals surface area contributed by atoms with E-state index in [0.29, 0.717) is 0 Å². The fourth-order valence-corrected chi connectivity index (χ4v) is 7.11. The van der Waals surface area contributed by atoms with Crippen molar-refractivity contribution in [2.45, 2.75) is 76.0 Å². The van der Waals surface area contributed by atoms with Gasteiger partial charge in [-0.25, -0.2) is 4.79 Å². The monoisotopic (exact) mass is 515 g/mol.